The van der Waals surface area contributed by atoms with Crippen LogP contribution in [0, 0.1) is 18.6 Å². The predicted octanol–water partition coefficient (Wildman–Crippen LogP) is 6.10. The molecular weight excluding hydrogens is 594 g/mol. The Labute approximate surface area is 254 Å². The van der Waals surface area contributed by atoms with Crippen molar-refractivity contribution in [3.63, 3.8) is 0 Å². The molecule has 2 aromatic carbocycles. The monoisotopic (exact) mass is 628 g/mol. The molecule has 8 nitrogen and oxygen atoms in total. The van der Waals surface area contributed by atoms with Crippen LogP contribution in [0.5, 0.6) is 5.75 Å². The van der Waals surface area contributed by atoms with Crippen molar-refractivity contribution < 1.29 is 26.7 Å². The van der Waals surface area contributed by atoms with Gasteiger partial charge >= 0.3 is 0 Å². The fourth-order valence-electron chi connectivity index (χ4n) is 5.73. The third-order valence-electron chi connectivity index (χ3n) is 7.99. The molecule has 2 N–H and O–H groups in total. The molecule has 1 amide bonds. The smallest absolute Gasteiger partial charge is 0.264 e. The van der Waals surface area contributed by atoms with Crippen molar-refractivity contribution in [3.05, 3.63) is 76.3 Å². The van der Waals surface area contributed by atoms with Crippen LogP contribution in [0.3, 0.4) is 0 Å². The number of hydrogen-bond acceptors (Lipinski definition) is 7. The summed E-state index contributed by atoms with van der Waals surface area (Å²) in [5.74, 6) is -0.563. The Balaban J connectivity index is 1.52. The van der Waals surface area contributed by atoms with E-state index in [0.29, 0.717) is 22.2 Å². The van der Waals surface area contributed by atoms with Crippen LogP contribution in [0.15, 0.2) is 48.7 Å². The highest BCUT2D eigenvalue weighted by atomic mass is 32.2. The number of aromatic nitrogens is 1. The Bertz CT molecular complexity index is 1750. The predicted molar refractivity (Wildman–Crippen MR) is 166 cm³/mol. The molecule has 4 aromatic rings. The summed E-state index contributed by atoms with van der Waals surface area (Å²) in [7, 11) is 0.0453. The van der Waals surface area contributed by atoms with Crippen LogP contribution >= 0.6 is 11.3 Å². The lowest BCUT2D eigenvalue weighted by Crippen LogP contribution is -2.44. The summed E-state index contributed by atoms with van der Waals surface area (Å²) < 4.78 is 60.7. The highest BCUT2D eigenvalue weighted by molar-refractivity contribution is 7.92. The first-order valence-electron chi connectivity index (χ1n) is 14.0. The lowest BCUT2D eigenvalue weighted by Gasteiger charge is -2.37. The van der Waals surface area contributed by atoms with Gasteiger partial charge in [0.15, 0.2) is 0 Å². The molecule has 0 spiro atoms. The van der Waals surface area contributed by atoms with Gasteiger partial charge in [-0.25, -0.2) is 22.2 Å². The first kappa shape index (κ1) is 30.8. The van der Waals surface area contributed by atoms with Gasteiger partial charge in [-0.05, 0) is 87.2 Å². The van der Waals surface area contributed by atoms with E-state index in [1.165, 1.54) is 0 Å². The molecule has 0 aliphatic heterocycles. The summed E-state index contributed by atoms with van der Waals surface area (Å²) in [6, 6.07) is 11.4. The van der Waals surface area contributed by atoms with Crippen LogP contribution in [-0.4, -0.2) is 56.7 Å². The van der Waals surface area contributed by atoms with Gasteiger partial charge in [0.25, 0.3) is 5.91 Å². The number of pyridine rings is 1. The standard InChI is InChI=1S/C31H34F2N4O4S2/c1-18-28-24(32)11-12-25(33)30(28)42-29(18)31(38)37(23-9-7-22(34-2)8-10-23)17-21-15-19(5-13-26(21)41-3)20-6-14-27(35-16-20)36-43(4,39)40/h5-6,11-16,22-23,34H,7-10,17H2,1-4H3,(H,35,36). The molecule has 0 atom stereocenters. The maximum Gasteiger partial charge on any atom is 0.264 e. The van der Waals surface area contributed by atoms with Gasteiger partial charge in [0, 0.05) is 41.3 Å². The molecular formula is C31H34F2N4O4S2. The molecule has 0 bridgehead atoms. The molecule has 0 unspecified atom stereocenters. The van der Waals surface area contributed by atoms with E-state index >= 15 is 0 Å². The van der Waals surface area contributed by atoms with E-state index in [9.17, 15) is 22.0 Å². The first-order chi connectivity index (χ1) is 20.5. The quantitative estimate of drug-likeness (QED) is 0.232. The van der Waals surface area contributed by atoms with Gasteiger partial charge in [0.05, 0.1) is 22.9 Å². The van der Waals surface area contributed by atoms with Crippen LogP contribution in [0.4, 0.5) is 14.6 Å². The fourth-order valence-corrected chi connectivity index (χ4v) is 7.41. The fraction of sp³-hybridized carbons (Fsp3) is 0.355. The number of amides is 1. The highest BCUT2D eigenvalue weighted by Gasteiger charge is 2.32. The Morgan fingerprint density at radius 3 is 2.37 bits per heavy atom. The normalized spacial score (nSPS) is 17.2. The average molecular weight is 629 g/mol. The third-order valence-corrected chi connectivity index (χ3v) is 9.86. The summed E-state index contributed by atoms with van der Waals surface area (Å²) in [5, 5.41) is 3.47. The first-order valence-corrected chi connectivity index (χ1v) is 16.7. The zero-order valence-electron chi connectivity index (χ0n) is 24.4. The molecule has 1 aliphatic carbocycles. The van der Waals surface area contributed by atoms with Crippen LogP contribution < -0.4 is 14.8 Å². The maximum atomic E-state index is 14.8. The Morgan fingerprint density at radius 2 is 1.77 bits per heavy atom. The van der Waals surface area contributed by atoms with Gasteiger partial charge in [0.2, 0.25) is 10.0 Å². The summed E-state index contributed by atoms with van der Waals surface area (Å²) in [5.41, 5.74) is 2.76. The molecule has 5 rings (SSSR count). The largest absolute Gasteiger partial charge is 0.496 e. The van der Waals surface area contributed by atoms with E-state index in [2.05, 4.69) is 15.0 Å². The Hall–Kier alpha value is -3.61. The van der Waals surface area contributed by atoms with Gasteiger partial charge in [-0.3, -0.25) is 9.52 Å². The molecule has 1 saturated carbocycles. The number of carbonyl (C=O) groups is 1. The van der Waals surface area contributed by atoms with Crippen molar-refractivity contribution in [3.8, 4) is 16.9 Å². The topological polar surface area (TPSA) is 101 Å². The number of methoxy groups -OCH3 is 1. The van der Waals surface area contributed by atoms with E-state index in [1.54, 1.807) is 32.4 Å². The summed E-state index contributed by atoms with van der Waals surface area (Å²) in [6.45, 7) is 1.89. The summed E-state index contributed by atoms with van der Waals surface area (Å²) in [6.07, 6.45) is 6.00. The minimum Gasteiger partial charge on any atom is -0.496 e. The van der Waals surface area contributed by atoms with Crippen molar-refractivity contribution in [1.29, 1.82) is 0 Å². The number of nitrogens with zero attached hydrogens (tertiary/aromatic N) is 2. The minimum atomic E-state index is -3.46. The number of ether oxygens (including phenoxy) is 1. The number of rotatable bonds is 9. The van der Waals surface area contributed by atoms with E-state index in [0.717, 1.165) is 72.1 Å². The molecule has 1 aliphatic rings. The van der Waals surface area contributed by atoms with Crippen LogP contribution in [0.2, 0.25) is 0 Å². The Kier molecular flexibility index (Phi) is 9.00. The second-order valence-electron chi connectivity index (χ2n) is 10.8. The number of thiophene rings is 1. The third kappa shape index (κ3) is 6.66. The van der Waals surface area contributed by atoms with Crippen molar-refractivity contribution in [2.45, 2.75) is 51.2 Å². The van der Waals surface area contributed by atoms with E-state index in [4.69, 9.17) is 4.74 Å². The van der Waals surface area contributed by atoms with Crippen molar-refractivity contribution in [2.75, 3.05) is 25.1 Å². The van der Waals surface area contributed by atoms with Crippen LogP contribution in [-0.2, 0) is 16.6 Å². The number of anilines is 1. The maximum absolute atomic E-state index is 14.8. The minimum absolute atomic E-state index is 0.0761. The average Bonchev–Trinajstić information content (AvgIpc) is 3.35. The molecule has 12 heteroatoms. The zero-order valence-corrected chi connectivity index (χ0v) is 26.0. The molecule has 2 heterocycles. The van der Waals surface area contributed by atoms with Crippen molar-refractivity contribution >= 4 is 43.2 Å². The number of benzene rings is 2. The van der Waals surface area contributed by atoms with Crippen molar-refractivity contribution in [2.24, 2.45) is 0 Å². The lowest BCUT2D eigenvalue weighted by molar-refractivity contribution is 0.0604. The van der Waals surface area contributed by atoms with Crippen molar-refractivity contribution in [1.82, 2.24) is 15.2 Å². The highest BCUT2D eigenvalue weighted by Crippen LogP contribution is 2.38. The molecule has 1 fully saturated rings. The van der Waals surface area contributed by atoms with Gasteiger partial charge in [-0.1, -0.05) is 6.07 Å². The summed E-state index contributed by atoms with van der Waals surface area (Å²) >= 11 is 0.989. The number of carbonyl (C=O) groups excluding carboxylic acids is 1. The Morgan fingerprint density at radius 1 is 1.07 bits per heavy atom. The zero-order chi connectivity index (χ0) is 30.9. The molecule has 228 valence electrons. The SMILES string of the molecule is CNC1CCC(N(Cc2cc(-c3ccc(NS(C)(=O)=O)nc3)ccc2OC)C(=O)c2sc3c(F)ccc(F)c3c2C)CC1. The second kappa shape index (κ2) is 12.6. The second-order valence-corrected chi connectivity index (χ2v) is 13.6. The molecule has 0 saturated heterocycles. The number of fused-ring (bicyclic) bond motifs is 1. The van der Waals surface area contributed by atoms with Gasteiger partial charge in [-0.15, -0.1) is 11.3 Å². The van der Waals surface area contributed by atoms with E-state index in [1.807, 2.05) is 30.1 Å². The van der Waals surface area contributed by atoms with Gasteiger partial charge in [-0.2, -0.15) is 0 Å². The lowest BCUT2D eigenvalue weighted by atomic mass is 9.89. The van der Waals surface area contributed by atoms with E-state index in [-0.39, 0.29) is 34.4 Å². The number of sulfonamides is 1. The number of hydrogen-bond donors (Lipinski definition) is 2. The van der Waals surface area contributed by atoms with Gasteiger partial charge < -0.3 is 15.0 Å². The molecule has 43 heavy (non-hydrogen) atoms. The number of nitrogens with one attached hydrogen (secondary N) is 2. The van der Waals surface area contributed by atoms with Gasteiger partial charge in [0.1, 0.15) is 23.2 Å². The van der Waals surface area contributed by atoms with E-state index < -0.39 is 21.7 Å². The summed E-state index contributed by atoms with van der Waals surface area (Å²) in [4.78, 5) is 20.7. The molecule has 2 aromatic heterocycles. The van der Waals surface area contributed by atoms with Crippen LogP contribution in [0.1, 0.15) is 46.5 Å². The number of halogens is 2. The molecule has 0 radical (unpaired) electrons. The van der Waals surface area contributed by atoms with Crippen LogP contribution in [0.25, 0.3) is 21.2 Å². The number of aryl methyl sites for hydroxylation is 1.